The molecule has 0 unspecified atom stereocenters. The number of amides is 1. The van der Waals surface area contributed by atoms with E-state index in [2.05, 4.69) is 51.7 Å². The number of rotatable bonds is 4. The van der Waals surface area contributed by atoms with E-state index in [0.29, 0.717) is 5.56 Å². The second-order valence-electron chi connectivity index (χ2n) is 8.77. The Labute approximate surface area is 177 Å². The van der Waals surface area contributed by atoms with E-state index in [1.54, 1.807) is 6.20 Å². The topological polar surface area (TPSA) is 57.3 Å². The molecule has 1 amide bonds. The predicted molar refractivity (Wildman–Crippen MR) is 121 cm³/mol. The number of carbonyl (C=O) groups excluding carboxylic acids is 1. The van der Waals surface area contributed by atoms with Crippen LogP contribution in [0.1, 0.15) is 35.7 Å². The summed E-state index contributed by atoms with van der Waals surface area (Å²) in [4.78, 5) is 19.6. The van der Waals surface area contributed by atoms with Gasteiger partial charge in [0.2, 0.25) is 0 Å². The lowest BCUT2D eigenvalue weighted by Gasteiger charge is -2.40. The summed E-state index contributed by atoms with van der Waals surface area (Å²) >= 11 is 0. The van der Waals surface area contributed by atoms with E-state index in [4.69, 9.17) is 0 Å². The Morgan fingerprint density at radius 2 is 1.93 bits per heavy atom. The van der Waals surface area contributed by atoms with Crippen molar-refractivity contribution in [1.82, 2.24) is 15.2 Å². The smallest absolute Gasteiger partial charge is 0.253 e. The minimum Gasteiger partial charge on any atom is -0.384 e. The first-order chi connectivity index (χ1) is 14.6. The van der Waals surface area contributed by atoms with Crippen molar-refractivity contribution in [3.05, 3.63) is 71.9 Å². The van der Waals surface area contributed by atoms with Crippen LogP contribution in [0.25, 0.3) is 10.9 Å². The van der Waals surface area contributed by atoms with Crippen LogP contribution in [0.5, 0.6) is 0 Å². The molecule has 3 aromatic rings. The maximum Gasteiger partial charge on any atom is 0.253 e. The molecule has 5 nitrogen and oxygen atoms in total. The molecular weight excluding hydrogens is 372 g/mol. The average Bonchev–Trinajstić information content (AvgIpc) is 3.13. The van der Waals surface area contributed by atoms with Gasteiger partial charge >= 0.3 is 0 Å². The van der Waals surface area contributed by atoms with Gasteiger partial charge in [-0.3, -0.25) is 9.78 Å². The fourth-order valence-corrected chi connectivity index (χ4v) is 5.00. The molecule has 0 radical (unpaired) electrons. The Hall–Kier alpha value is -2.92. The molecule has 1 spiro atoms. The van der Waals surface area contributed by atoms with Crippen molar-refractivity contribution in [2.24, 2.45) is 0 Å². The number of pyridine rings is 1. The number of carbonyl (C=O) groups is 1. The fourth-order valence-electron chi connectivity index (χ4n) is 5.00. The van der Waals surface area contributed by atoms with Gasteiger partial charge in [-0.2, -0.15) is 0 Å². The van der Waals surface area contributed by atoms with Crippen LogP contribution < -0.4 is 10.6 Å². The summed E-state index contributed by atoms with van der Waals surface area (Å²) in [6, 6.07) is 18.6. The molecule has 2 aliphatic heterocycles. The number of hydrogen-bond donors (Lipinski definition) is 2. The monoisotopic (exact) mass is 400 g/mol. The van der Waals surface area contributed by atoms with Crippen LogP contribution >= 0.6 is 0 Å². The quantitative estimate of drug-likeness (QED) is 0.699. The highest BCUT2D eigenvalue weighted by atomic mass is 16.1. The molecule has 2 N–H and O–H groups in total. The van der Waals surface area contributed by atoms with Gasteiger partial charge in [0.1, 0.15) is 0 Å². The van der Waals surface area contributed by atoms with Crippen LogP contribution in [0.3, 0.4) is 0 Å². The summed E-state index contributed by atoms with van der Waals surface area (Å²) in [7, 11) is 0. The highest BCUT2D eigenvalue weighted by Crippen LogP contribution is 2.43. The number of anilines is 1. The van der Waals surface area contributed by atoms with Gasteiger partial charge in [-0.1, -0.05) is 36.4 Å². The Kier molecular flexibility index (Phi) is 4.91. The number of aromatic nitrogens is 1. The lowest BCUT2D eigenvalue weighted by atomic mass is 9.74. The minimum atomic E-state index is -0.0526. The van der Waals surface area contributed by atoms with E-state index in [-0.39, 0.29) is 17.4 Å². The first-order valence-corrected chi connectivity index (χ1v) is 10.8. The summed E-state index contributed by atoms with van der Waals surface area (Å²) < 4.78 is 0. The number of hydrogen-bond acceptors (Lipinski definition) is 4. The van der Waals surface area contributed by atoms with Gasteiger partial charge in [0.05, 0.1) is 11.1 Å². The molecular formula is C25H28N4O. The van der Waals surface area contributed by atoms with E-state index in [1.165, 1.54) is 11.3 Å². The summed E-state index contributed by atoms with van der Waals surface area (Å²) in [6.07, 6.45) is 3.98. The van der Waals surface area contributed by atoms with Crippen molar-refractivity contribution in [1.29, 1.82) is 0 Å². The SMILES string of the molecule is C[C@H](CN1CCC2(CC1)CNc1ccccc12)NC(=O)c1cnc2ccccc2c1. The standard InChI is InChI=1S/C25H28N4O/c1-18(28-24(30)20-14-19-6-2-4-8-22(19)26-15-20)16-29-12-10-25(11-13-29)17-27-23-9-5-3-7-21(23)25/h2-9,14-15,18,27H,10-13,16-17H2,1H3,(H,28,30)/t18-/m1/s1. The van der Waals surface area contributed by atoms with Crippen molar-refractivity contribution in [3.8, 4) is 0 Å². The van der Waals surface area contributed by atoms with Gasteiger partial charge in [-0.15, -0.1) is 0 Å². The van der Waals surface area contributed by atoms with Crippen LogP contribution in [-0.2, 0) is 5.41 Å². The molecule has 1 saturated heterocycles. The molecule has 2 aliphatic rings. The van der Waals surface area contributed by atoms with E-state index >= 15 is 0 Å². The minimum absolute atomic E-state index is 0.0526. The van der Waals surface area contributed by atoms with Gasteiger partial charge in [0, 0.05) is 41.8 Å². The number of para-hydroxylation sites is 2. The molecule has 1 fully saturated rings. The van der Waals surface area contributed by atoms with Crippen LogP contribution in [0.4, 0.5) is 5.69 Å². The zero-order chi connectivity index (χ0) is 20.6. The fraction of sp³-hybridized carbons (Fsp3) is 0.360. The van der Waals surface area contributed by atoms with Crippen molar-refractivity contribution in [3.63, 3.8) is 0 Å². The maximum absolute atomic E-state index is 12.7. The Morgan fingerprint density at radius 1 is 1.17 bits per heavy atom. The lowest BCUT2D eigenvalue weighted by molar-refractivity contribution is 0.0917. The Morgan fingerprint density at radius 3 is 2.80 bits per heavy atom. The van der Waals surface area contributed by atoms with Crippen molar-refractivity contribution in [2.45, 2.75) is 31.2 Å². The summed E-state index contributed by atoms with van der Waals surface area (Å²) in [5, 5.41) is 7.73. The summed E-state index contributed by atoms with van der Waals surface area (Å²) in [5.74, 6) is -0.0526. The number of piperidine rings is 1. The van der Waals surface area contributed by atoms with E-state index in [1.807, 2.05) is 30.3 Å². The van der Waals surface area contributed by atoms with Crippen molar-refractivity contribution in [2.75, 3.05) is 31.5 Å². The molecule has 0 aliphatic carbocycles. The highest BCUT2D eigenvalue weighted by Gasteiger charge is 2.41. The summed E-state index contributed by atoms with van der Waals surface area (Å²) in [6.45, 7) is 6.13. The van der Waals surface area contributed by atoms with Gasteiger partial charge in [-0.05, 0) is 56.6 Å². The van der Waals surface area contributed by atoms with E-state index in [0.717, 1.165) is 49.9 Å². The zero-order valence-electron chi connectivity index (χ0n) is 17.4. The molecule has 1 atom stereocenters. The van der Waals surface area contributed by atoms with E-state index in [9.17, 15) is 4.79 Å². The largest absolute Gasteiger partial charge is 0.384 e. The number of fused-ring (bicyclic) bond motifs is 3. The van der Waals surface area contributed by atoms with E-state index < -0.39 is 0 Å². The predicted octanol–water partition coefficient (Wildman–Crippen LogP) is 3.81. The van der Waals surface area contributed by atoms with Crippen molar-refractivity contribution < 1.29 is 4.79 Å². The molecule has 154 valence electrons. The van der Waals surface area contributed by atoms with Gasteiger partial charge < -0.3 is 15.5 Å². The molecule has 2 aromatic carbocycles. The third-order valence-corrected chi connectivity index (χ3v) is 6.69. The second-order valence-corrected chi connectivity index (χ2v) is 8.77. The normalized spacial score (nSPS) is 18.7. The molecule has 30 heavy (non-hydrogen) atoms. The van der Waals surface area contributed by atoms with Crippen LogP contribution in [0, 0.1) is 0 Å². The third kappa shape index (κ3) is 3.54. The number of likely N-dealkylation sites (tertiary alicyclic amines) is 1. The lowest BCUT2D eigenvalue weighted by Crippen LogP contribution is -2.48. The first kappa shape index (κ1) is 19.1. The maximum atomic E-state index is 12.7. The first-order valence-electron chi connectivity index (χ1n) is 10.8. The van der Waals surface area contributed by atoms with Gasteiger partial charge in [0.15, 0.2) is 0 Å². The van der Waals surface area contributed by atoms with Crippen molar-refractivity contribution >= 4 is 22.5 Å². The molecule has 3 heterocycles. The number of benzene rings is 2. The molecule has 0 saturated carbocycles. The summed E-state index contributed by atoms with van der Waals surface area (Å²) in [5.41, 5.74) is 4.58. The Bertz CT molecular complexity index is 1070. The Balaban J connectivity index is 1.17. The molecule has 0 bridgehead atoms. The number of nitrogens with zero attached hydrogens (tertiary/aromatic N) is 2. The molecule has 1 aromatic heterocycles. The second kappa shape index (κ2) is 7.73. The molecule has 5 rings (SSSR count). The zero-order valence-corrected chi connectivity index (χ0v) is 17.4. The van der Waals surface area contributed by atoms with Crippen LogP contribution in [-0.4, -0.2) is 48.0 Å². The highest BCUT2D eigenvalue weighted by molar-refractivity contribution is 5.97. The average molecular weight is 401 g/mol. The third-order valence-electron chi connectivity index (χ3n) is 6.69. The van der Waals surface area contributed by atoms with Crippen LogP contribution in [0.2, 0.25) is 0 Å². The van der Waals surface area contributed by atoms with Gasteiger partial charge in [-0.25, -0.2) is 0 Å². The molecule has 5 heteroatoms. The van der Waals surface area contributed by atoms with Crippen LogP contribution in [0.15, 0.2) is 60.8 Å². The van der Waals surface area contributed by atoms with Gasteiger partial charge in [0.25, 0.3) is 5.91 Å². The number of nitrogens with one attached hydrogen (secondary N) is 2.